The number of rotatable bonds is 4. The summed E-state index contributed by atoms with van der Waals surface area (Å²) in [4.78, 5) is 14.9. The van der Waals surface area contributed by atoms with Gasteiger partial charge in [-0.3, -0.25) is 4.79 Å². The molecule has 2 aromatic carbocycles. The van der Waals surface area contributed by atoms with Gasteiger partial charge < -0.3 is 9.72 Å². The molecule has 8 heteroatoms. The van der Waals surface area contributed by atoms with Crippen molar-refractivity contribution in [3.8, 4) is 17.0 Å². The van der Waals surface area contributed by atoms with Crippen LogP contribution >= 0.6 is 0 Å². The van der Waals surface area contributed by atoms with E-state index in [0.717, 1.165) is 0 Å². The minimum absolute atomic E-state index is 0.144. The summed E-state index contributed by atoms with van der Waals surface area (Å²) in [6, 6.07) is 10.4. The summed E-state index contributed by atoms with van der Waals surface area (Å²) >= 11 is 0. The van der Waals surface area contributed by atoms with Crippen LogP contribution in [-0.4, -0.2) is 27.1 Å². The van der Waals surface area contributed by atoms with Gasteiger partial charge in [0.1, 0.15) is 11.5 Å². The molecular weight excluding hydrogens is 354 g/mol. The summed E-state index contributed by atoms with van der Waals surface area (Å²) in [6.07, 6.45) is 1.62. The van der Waals surface area contributed by atoms with E-state index >= 15 is 0 Å². The predicted octanol–water partition coefficient (Wildman–Crippen LogP) is 3.12. The van der Waals surface area contributed by atoms with Gasteiger partial charge in [0.15, 0.2) is 11.6 Å². The van der Waals surface area contributed by atoms with Crippen molar-refractivity contribution >= 4 is 10.9 Å². The second-order valence-corrected chi connectivity index (χ2v) is 6.01. The van der Waals surface area contributed by atoms with Crippen molar-refractivity contribution in [2.45, 2.75) is 6.54 Å². The smallest absolute Gasteiger partial charge is 0.253 e. The molecule has 0 aliphatic heterocycles. The molecule has 0 saturated heterocycles. The molecule has 0 atom stereocenters. The number of hydrogen-bond acceptors (Lipinski definition) is 4. The monoisotopic (exact) mass is 368 g/mol. The highest BCUT2D eigenvalue weighted by molar-refractivity contribution is 5.78. The van der Waals surface area contributed by atoms with E-state index in [9.17, 15) is 13.6 Å². The topological polar surface area (TPSA) is 72.8 Å². The number of methoxy groups -OCH3 is 1. The molecule has 136 valence electrons. The van der Waals surface area contributed by atoms with E-state index in [4.69, 9.17) is 4.74 Å². The first kappa shape index (κ1) is 16.9. The van der Waals surface area contributed by atoms with Crippen LogP contribution in [0, 0.1) is 11.6 Å². The summed E-state index contributed by atoms with van der Waals surface area (Å²) in [7, 11) is 1.39. The van der Waals surface area contributed by atoms with Gasteiger partial charge in [0.05, 0.1) is 25.4 Å². The molecule has 0 amide bonds. The maximum atomic E-state index is 13.9. The molecule has 0 aliphatic rings. The quantitative estimate of drug-likeness (QED) is 0.601. The largest absolute Gasteiger partial charge is 0.494 e. The molecular formula is C19H14F2N4O2. The average Bonchev–Trinajstić information content (AvgIpc) is 3.11. The zero-order valence-electron chi connectivity index (χ0n) is 14.2. The second-order valence-electron chi connectivity index (χ2n) is 6.01. The van der Waals surface area contributed by atoms with Gasteiger partial charge in [-0.05, 0) is 47.9 Å². The number of pyridine rings is 1. The van der Waals surface area contributed by atoms with Gasteiger partial charge in [0.2, 0.25) is 0 Å². The third kappa shape index (κ3) is 3.29. The Morgan fingerprint density at radius 3 is 2.78 bits per heavy atom. The van der Waals surface area contributed by atoms with Crippen molar-refractivity contribution in [2.75, 3.05) is 7.11 Å². The standard InChI is InChI=1S/C19H14F2N4O2/c1-27-18-5-3-12(7-15(18)21)17-10-25(24-23-17)9-13-6-11-2-4-14(20)8-16(11)22-19(13)26/h2-8,10H,9H2,1H3,(H,22,26). The molecule has 0 aliphatic carbocycles. The van der Waals surface area contributed by atoms with Crippen molar-refractivity contribution in [1.29, 1.82) is 0 Å². The molecule has 6 nitrogen and oxygen atoms in total. The first-order chi connectivity index (χ1) is 13.0. The molecule has 0 unspecified atom stereocenters. The molecule has 4 aromatic rings. The Morgan fingerprint density at radius 1 is 1.15 bits per heavy atom. The third-order valence-electron chi connectivity index (χ3n) is 4.20. The minimum atomic E-state index is -0.497. The van der Waals surface area contributed by atoms with E-state index in [0.29, 0.717) is 27.7 Å². The number of benzene rings is 2. The van der Waals surface area contributed by atoms with E-state index < -0.39 is 11.6 Å². The van der Waals surface area contributed by atoms with E-state index in [-0.39, 0.29) is 17.9 Å². The molecule has 2 aromatic heterocycles. The summed E-state index contributed by atoms with van der Waals surface area (Å²) in [6.45, 7) is 0.175. The number of nitrogens with one attached hydrogen (secondary N) is 1. The normalized spacial score (nSPS) is 11.1. The molecule has 27 heavy (non-hydrogen) atoms. The summed E-state index contributed by atoms with van der Waals surface area (Å²) in [5.41, 5.74) is 1.56. The number of H-pyrrole nitrogens is 1. The van der Waals surface area contributed by atoms with Crippen LogP contribution in [0.15, 0.2) is 53.5 Å². The third-order valence-corrected chi connectivity index (χ3v) is 4.20. The maximum absolute atomic E-state index is 13.9. The molecule has 1 N–H and O–H groups in total. The van der Waals surface area contributed by atoms with Gasteiger partial charge >= 0.3 is 0 Å². The van der Waals surface area contributed by atoms with Crippen LogP contribution in [0.4, 0.5) is 8.78 Å². The van der Waals surface area contributed by atoms with E-state index in [2.05, 4.69) is 15.3 Å². The van der Waals surface area contributed by atoms with Crippen LogP contribution in [0.25, 0.3) is 22.2 Å². The summed E-state index contributed by atoms with van der Waals surface area (Å²) in [5, 5.41) is 8.73. The molecule has 4 rings (SSSR count). The SMILES string of the molecule is COc1ccc(-c2cn(Cc3cc4ccc(F)cc4[nH]c3=O)nn2)cc1F. The zero-order chi connectivity index (χ0) is 19.0. The lowest BCUT2D eigenvalue weighted by Crippen LogP contribution is -2.16. The summed E-state index contributed by atoms with van der Waals surface area (Å²) < 4.78 is 33.5. The Hall–Kier alpha value is -3.55. The van der Waals surface area contributed by atoms with E-state index in [1.165, 1.54) is 36.1 Å². The van der Waals surface area contributed by atoms with Gasteiger partial charge in [-0.2, -0.15) is 0 Å². The van der Waals surface area contributed by atoms with Crippen molar-refractivity contribution in [1.82, 2.24) is 20.0 Å². The first-order valence-electron chi connectivity index (χ1n) is 8.09. The number of fused-ring (bicyclic) bond motifs is 1. The van der Waals surface area contributed by atoms with Crippen LogP contribution in [0.3, 0.4) is 0 Å². The number of hydrogen-bond donors (Lipinski definition) is 1. The summed E-state index contributed by atoms with van der Waals surface area (Å²) in [5.74, 6) is -0.772. The number of halogens is 2. The Morgan fingerprint density at radius 2 is 2.00 bits per heavy atom. The zero-order valence-corrected chi connectivity index (χ0v) is 14.2. The minimum Gasteiger partial charge on any atom is -0.494 e. The van der Waals surface area contributed by atoms with Crippen molar-refractivity contribution in [3.63, 3.8) is 0 Å². The fourth-order valence-electron chi connectivity index (χ4n) is 2.84. The Bertz CT molecular complexity index is 1200. The second kappa shape index (κ2) is 6.64. The fourth-order valence-corrected chi connectivity index (χ4v) is 2.84. The van der Waals surface area contributed by atoms with Crippen LogP contribution in [0.2, 0.25) is 0 Å². The van der Waals surface area contributed by atoms with Crippen molar-refractivity contribution < 1.29 is 13.5 Å². The number of nitrogens with zero attached hydrogens (tertiary/aromatic N) is 3. The lowest BCUT2D eigenvalue weighted by Gasteiger charge is -2.04. The fraction of sp³-hybridized carbons (Fsp3) is 0.105. The lowest BCUT2D eigenvalue weighted by atomic mass is 10.1. The van der Waals surface area contributed by atoms with Crippen molar-refractivity contribution in [3.05, 3.63) is 76.2 Å². The molecule has 0 radical (unpaired) electrons. The number of aromatic nitrogens is 4. The van der Waals surface area contributed by atoms with E-state index in [1.54, 1.807) is 24.4 Å². The molecule has 2 heterocycles. The molecule has 0 saturated carbocycles. The highest BCUT2D eigenvalue weighted by Gasteiger charge is 2.10. The molecule has 0 bridgehead atoms. The first-order valence-corrected chi connectivity index (χ1v) is 8.09. The van der Waals surface area contributed by atoms with Gasteiger partial charge in [-0.1, -0.05) is 5.21 Å². The van der Waals surface area contributed by atoms with Crippen LogP contribution in [0.5, 0.6) is 5.75 Å². The van der Waals surface area contributed by atoms with Crippen LogP contribution < -0.4 is 10.3 Å². The molecule has 0 fully saturated rings. The highest BCUT2D eigenvalue weighted by atomic mass is 19.1. The number of aromatic amines is 1. The van der Waals surface area contributed by atoms with Gasteiger partial charge in [0.25, 0.3) is 5.56 Å². The van der Waals surface area contributed by atoms with Crippen LogP contribution in [0.1, 0.15) is 5.56 Å². The average molecular weight is 368 g/mol. The van der Waals surface area contributed by atoms with Crippen molar-refractivity contribution in [2.24, 2.45) is 0 Å². The Labute approximate surface area is 152 Å². The maximum Gasteiger partial charge on any atom is 0.253 e. The van der Waals surface area contributed by atoms with Gasteiger partial charge in [-0.15, -0.1) is 5.10 Å². The van der Waals surface area contributed by atoms with Gasteiger partial charge in [0, 0.05) is 11.1 Å². The predicted molar refractivity (Wildman–Crippen MR) is 95.6 cm³/mol. The lowest BCUT2D eigenvalue weighted by molar-refractivity contribution is 0.386. The highest BCUT2D eigenvalue weighted by Crippen LogP contribution is 2.24. The van der Waals surface area contributed by atoms with E-state index in [1.807, 2.05) is 0 Å². The van der Waals surface area contributed by atoms with Crippen LogP contribution in [-0.2, 0) is 6.54 Å². The Kier molecular flexibility index (Phi) is 4.15. The number of ether oxygens (including phenoxy) is 1. The van der Waals surface area contributed by atoms with Gasteiger partial charge in [-0.25, -0.2) is 13.5 Å². The Balaban J connectivity index is 1.64. The molecule has 0 spiro atoms.